The molecule has 0 fully saturated rings. The first-order valence-corrected chi connectivity index (χ1v) is 4.95. The maximum absolute atomic E-state index is 5.14. The van der Waals surface area contributed by atoms with Crippen molar-refractivity contribution < 1.29 is 0 Å². The highest BCUT2D eigenvalue weighted by molar-refractivity contribution is 5.55. The van der Waals surface area contributed by atoms with Gasteiger partial charge in [-0.25, -0.2) is 9.97 Å². The summed E-state index contributed by atoms with van der Waals surface area (Å²) >= 11 is 0. The first kappa shape index (κ1) is 10.2. The van der Waals surface area contributed by atoms with Gasteiger partial charge in [0.15, 0.2) is 5.82 Å². The molecule has 2 rings (SSSR count). The molecule has 1 aromatic heterocycles. The maximum atomic E-state index is 5.14. The molecular weight excluding hydrogens is 198 g/mol. The Labute approximate surface area is 94.6 Å². The Hall–Kier alpha value is -2.34. The SMILES string of the molecule is C#CCNc1cnc(-c2ccccc2)nc1. The van der Waals surface area contributed by atoms with E-state index in [1.54, 1.807) is 12.4 Å². The van der Waals surface area contributed by atoms with E-state index in [1.165, 1.54) is 0 Å². The van der Waals surface area contributed by atoms with Crippen molar-refractivity contribution in [3.8, 4) is 23.7 Å². The van der Waals surface area contributed by atoms with Gasteiger partial charge in [-0.05, 0) is 0 Å². The lowest BCUT2D eigenvalue weighted by Crippen LogP contribution is -2.00. The minimum Gasteiger partial charge on any atom is -0.372 e. The van der Waals surface area contributed by atoms with Crippen LogP contribution in [0.2, 0.25) is 0 Å². The Morgan fingerprint density at radius 1 is 1.12 bits per heavy atom. The molecular formula is C13H11N3. The molecule has 0 aliphatic rings. The molecule has 2 aromatic rings. The summed E-state index contributed by atoms with van der Waals surface area (Å²) in [5.74, 6) is 3.21. The fourth-order valence-electron chi connectivity index (χ4n) is 1.31. The lowest BCUT2D eigenvalue weighted by atomic mass is 10.2. The summed E-state index contributed by atoms with van der Waals surface area (Å²) < 4.78 is 0. The molecule has 16 heavy (non-hydrogen) atoms. The highest BCUT2D eigenvalue weighted by atomic mass is 14.9. The van der Waals surface area contributed by atoms with Gasteiger partial charge in [-0.15, -0.1) is 6.42 Å². The zero-order chi connectivity index (χ0) is 11.2. The van der Waals surface area contributed by atoms with E-state index in [9.17, 15) is 0 Å². The molecule has 3 heteroatoms. The van der Waals surface area contributed by atoms with Gasteiger partial charge in [0, 0.05) is 5.56 Å². The van der Waals surface area contributed by atoms with Gasteiger partial charge in [0.05, 0.1) is 24.6 Å². The van der Waals surface area contributed by atoms with Crippen molar-refractivity contribution >= 4 is 5.69 Å². The van der Waals surface area contributed by atoms with Gasteiger partial charge >= 0.3 is 0 Å². The van der Waals surface area contributed by atoms with Crippen LogP contribution in [0, 0.1) is 12.3 Å². The molecule has 0 radical (unpaired) electrons. The van der Waals surface area contributed by atoms with Crippen LogP contribution in [0.3, 0.4) is 0 Å². The van der Waals surface area contributed by atoms with Crippen LogP contribution >= 0.6 is 0 Å². The second-order valence-electron chi connectivity index (χ2n) is 3.22. The molecule has 0 atom stereocenters. The van der Waals surface area contributed by atoms with E-state index in [2.05, 4.69) is 21.2 Å². The van der Waals surface area contributed by atoms with E-state index >= 15 is 0 Å². The summed E-state index contributed by atoms with van der Waals surface area (Å²) in [6.07, 6.45) is 8.60. The predicted molar refractivity (Wildman–Crippen MR) is 64.8 cm³/mol. The topological polar surface area (TPSA) is 37.8 Å². The van der Waals surface area contributed by atoms with Gasteiger partial charge in [0.2, 0.25) is 0 Å². The smallest absolute Gasteiger partial charge is 0.159 e. The zero-order valence-corrected chi connectivity index (χ0v) is 8.72. The summed E-state index contributed by atoms with van der Waals surface area (Å²) in [5, 5.41) is 3.01. The van der Waals surface area contributed by atoms with Crippen LogP contribution in [0.15, 0.2) is 42.7 Å². The molecule has 0 saturated carbocycles. The molecule has 0 bridgehead atoms. The number of benzene rings is 1. The van der Waals surface area contributed by atoms with E-state index in [1.807, 2.05) is 30.3 Å². The van der Waals surface area contributed by atoms with Crippen LogP contribution in [0.5, 0.6) is 0 Å². The van der Waals surface area contributed by atoms with Crippen LogP contribution in [-0.4, -0.2) is 16.5 Å². The van der Waals surface area contributed by atoms with Crippen molar-refractivity contribution in [2.75, 3.05) is 11.9 Å². The molecule has 3 nitrogen and oxygen atoms in total. The normalized spacial score (nSPS) is 9.44. The van der Waals surface area contributed by atoms with Crippen LogP contribution in [0.4, 0.5) is 5.69 Å². The van der Waals surface area contributed by atoms with Crippen molar-refractivity contribution in [3.05, 3.63) is 42.7 Å². The molecule has 1 N–H and O–H groups in total. The van der Waals surface area contributed by atoms with E-state index in [-0.39, 0.29) is 0 Å². The summed E-state index contributed by atoms with van der Waals surface area (Å²) in [7, 11) is 0. The molecule has 0 spiro atoms. The number of aromatic nitrogens is 2. The van der Waals surface area contributed by atoms with Crippen LogP contribution in [0.1, 0.15) is 0 Å². The summed E-state index contributed by atoms with van der Waals surface area (Å²) in [4.78, 5) is 8.52. The van der Waals surface area contributed by atoms with Gasteiger partial charge in [0.25, 0.3) is 0 Å². The highest BCUT2D eigenvalue weighted by Gasteiger charge is 1.99. The molecule has 78 valence electrons. The van der Waals surface area contributed by atoms with Crippen LogP contribution < -0.4 is 5.32 Å². The summed E-state index contributed by atoms with van der Waals surface area (Å²) in [6, 6.07) is 9.84. The van der Waals surface area contributed by atoms with E-state index in [0.717, 1.165) is 11.3 Å². The molecule has 1 aromatic carbocycles. The minimum atomic E-state index is 0.480. The lowest BCUT2D eigenvalue weighted by molar-refractivity contribution is 1.16. The first-order chi connectivity index (χ1) is 7.90. The largest absolute Gasteiger partial charge is 0.372 e. The van der Waals surface area contributed by atoms with Crippen molar-refractivity contribution in [1.82, 2.24) is 9.97 Å². The van der Waals surface area contributed by atoms with Gasteiger partial charge in [-0.3, -0.25) is 0 Å². The number of hydrogen-bond donors (Lipinski definition) is 1. The number of nitrogens with one attached hydrogen (secondary N) is 1. The van der Waals surface area contributed by atoms with Gasteiger partial charge in [-0.1, -0.05) is 36.3 Å². The number of nitrogens with zero attached hydrogens (tertiary/aromatic N) is 2. The fourth-order valence-corrected chi connectivity index (χ4v) is 1.31. The maximum Gasteiger partial charge on any atom is 0.159 e. The second kappa shape index (κ2) is 4.94. The number of rotatable bonds is 3. The predicted octanol–water partition coefficient (Wildman–Crippen LogP) is 2.19. The van der Waals surface area contributed by atoms with E-state index < -0.39 is 0 Å². The minimum absolute atomic E-state index is 0.480. The molecule has 0 unspecified atom stereocenters. The van der Waals surface area contributed by atoms with Crippen molar-refractivity contribution in [2.45, 2.75) is 0 Å². The Morgan fingerprint density at radius 3 is 2.44 bits per heavy atom. The molecule has 0 aliphatic heterocycles. The van der Waals surface area contributed by atoms with Crippen molar-refractivity contribution in [3.63, 3.8) is 0 Å². The average Bonchev–Trinajstić information content (AvgIpc) is 2.38. The lowest BCUT2D eigenvalue weighted by Gasteiger charge is -2.02. The molecule has 0 saturated heterocycles. The van der Waals surface area contributed by atoms with Crippen molar-refractivity contribution in [2.24, 2.45) is 0 Å². The summed E-state index contributed by atoms with van der Waals surface area (Å²) in [5.41, 5.74) is 1.84. The number of hydrogen-bond acceptors (Lipinski definition) is 3. The van der Waals surface area contributed by atoms with Crippen molar-refractivity contribution in [1.29, 1.82) is 0 Å². The zero-order valence-electron chi connectivity index (χ0n) is 8.72. The van der Waals surface area contributed by atoms with Crippen LogP contribution in [0.25, 0.3) is 11.4 Å². The molecule has 1 heterocycles. The quantitative estimate of drug-likeness (QED) is 0.787. The Kier molecular flexibility index (Phi) is 3.15. The summed E-state index contributed by atoms with van der Waals surface area (Å²) in [6.45, 7) is 0.480. The highest BCUT2D eigenvalue weighted by Crippen LogP contribution is 2.14. The van der Waals surface area contributed by atoms with Gasteiger partial charge in [0.1, 0.15) is 0 Å². The van der Waals surface area contributed by atoms with Crippen LogP contribution in [-0.2, 0) is 0 Å². The van der Waals surface area contributed by atoms with Gasteiger partial charge < -0.3 is 5.32 Å². The molecule has 0 amide bonds. The average molecular weight is 209 g/mol. The number of anilines is 1. The Morgan fingerprint density at radius 2 is 1.81 bits per heavy atom. The monoisotopic (exact) mass is 209 g/mol. The molecule has 0 aliphatic carbocycles. The third-order valence-corrected chi connectivity index (χ3v) is 2.08. The first-order valence-electron chi connectivity index (χ1n) is 4.95. The third-order valence-electron chi connectivity index (χ3n) is 2.08. The second-order valence-corrected chi connectivity index (χ2v) is 3.22. The van der Waals surface area contributed by atoms with E-state index in [0.29, 0.717) is 12.4 Å². The standard InChI is InChI=1S/C13H11N3/c1-2-8-14-12-9-15-13(16-10-12)11-6-4-3-5-7-11/h1,3-7,9-10,14H,8H2. The van der Waals surface area contributed by atoms with E-state index in [4.69, 9.17) is 6.42 Å². The third kappa shape index (κ3) is 2.37. The number of terminal acetylenes is 1. The fraction of sp³-hybridized carbons (Fsp3) is 0.0769. The van der Waals surface area contributed by atoms with Gasteiger partial charge in [-0.2, -0.15) is 0 Å². The Bertz CT molecular complexity index is 483. The Balaban J connectivity index is 2.17.